The number of nitrogens with one attached hydrogen (secondary N) is 2. The Labute approximate surface area is 170 Å². The summed E-state index contributed by atoms with van der Waals surface area (Å²) < 4.78 is 0. The number of carbonyl (C=O) groups excluding carboxylic acids is 1. The van der Waals surface area contributed by atoms with E-state index in [2.05, 4.69) is 27.4 Å². The SMILES string of the molecule is O=C(NCCCc1ccccc1)C1CCN(c2nc3ccccc3[nH]c2=O)CC1. The summed E-state index contributed by atoms with van der Waals surface area (Å²) in [6.45, 7) is 2.02. The van der Waals surface area contributed by atoms with Gasteiger partial charge in [-0.2, -0.15) is 0 Å². The summed E-state index contributed by atoms with van der Waals surface area (Å²) >= 11 is 0. The van der Waals surface area contributed by atoms with Crippen molar-refractivity contribution >= 4 is 22.8 Å². The maximum Gasteiger partial charge on any atom is 0.291 e. The van der Waals surface area contributed by atoms with Crippen LogP contribution in [0, 0.1) is 5.92 Å². The fourth-order valence-corrected chi connectivity index (χ4v) is 3.88. The van der Waals surface area contributed by atoms with Crippen LogP contribution in [-0.2, 0) is 11.2 Å². The second-order valence-electron chi connectivity index (χ2n) is 7.55. The summed E-state index contributed by atoms with van der Waals surface area (Å²) in [6, 6.07) is 17.8. The van der Waals surface area contributed by atoms with E-state index in [1.807, 2.05) is 47.4 Å². The predicted molar refractivity (Wildman–Crippen MR) is 115 cm³/mol. The van der Waals surface area contributed by atoms with Gasteiger partial charge < -0.3 is 15.2 Å². The molecule has 1 fully saturated rings. The van der Waals surface area contributed by atoms with Crippen LogP contribution in [0.1, 0.15) is 24.8 Å². The van der Waals surface area contributed by atoms with Crippen molar-refractivity contribution in [3.8, 4) is 0 Å². The molecule has 0 bridgehead atoms. The molecule has 1 saturated heterocycles. The highest BCUT2D eigenvalue weighted by Crippen LogP contribution is 2.21. The van der Waals surface area contributed by atoms with E-state index >= 15 is 0 Å². The zero-order chi connectivity index (χ0) is 20.1. The number of anilines is 1. The van der Waals surface area contributed by atoms with E-state index in [0.29, 0.717) is 25.5 Å². The van der Waals surface area contributed by atoms with Gasteiger partial charge >= 0.3 is 0 Å². The first-order valence-electron chi connectivity index (χ1n) is 10.3. The molecule has 2 heterocycles. The molecule has 6 heteroatoms. The number of amides is 1. The van der Waals surface area contributed by atoms with Crippen LogP contribution in [0.5, 0.6) is 0 Å². The van der Waals surface area contributed by atoms with E-state index < -0.39 is 0 Å². The number of nitrogens with zero attached hydrogens (tertiary/aromatic N) is 2. The lowest BCUT2D eigenvalue weighted by atomic mass is 9.96. The third-order valence-corrected chi connectivity index (χ3v) is 5.53. The quantitative estimate of drug-likeness (QED) is 0.635. The number of carbonyl (C=O) groups is 1. The van der Waals surface area contributed by atoms with Gasteiger partial charge in [0.25, 0.3) is 5.56 Å². The molecule has 0 unspecified atom stereocenters. The Morgan fingerprint density at radius 2 is 1.79 bits per heavy atom. The van der Waals surface area contributed by atoms with Crippen LogP contribution < -0.4 is 15.8 Å². The number of hydrogen-bond acceptors (Lipinski definition) is 4. The number of aryl methyl sites for hydroxylation is 1. The molecule has 150 valence electrons. The van der Waals surface area contributed by atoms with E-state index in [1.54, 1.807) is 0 Å². The fraction of sp³-hybridized carbons (Fsp3) is 0.348. The number of rotatable bonds is 6. The fourth-order valence-electron chi connectivity index (χ4n) is 3.88. The van der Waals surface area contributed by atoms with Crippen molar-refractivity contribution in [3.05, 3.63) is 70.5 Å². The molecule has 0 saturated carbocycles. The Hall–Kier alpha value is -3.15. The van der Waals surface area contributed by atoms with E-state index in [1.165, 1.54) is 5.56 Å². The molecule has 0 atom stereocenters. The van der Waals surface area contributed by atoms with E-state index in [0.717, 1.165) is 36.7 Å². The highest BCUT2D eigenvalue weighted by molar-refractivity contribution is 5.79. The summed E-state index contributed by atoms with van der Waals surface area (Å²) in [4.78, 5) is 34.3. The van der Waals surface area contributed by atoms with Crippen LogP contribution in [0.25, 0.3) is 11.0 Å². The van der Waals surface area contributed by atoms with Gasteiger partial charge in [-0.3, -0.25) is 9.59 Å². The normalized spacial score (nSPS) is 14.8. The Morgan fingerprint density at radius 1 is 1.07 bits per heavy atom. The van der Waals surface area contributed by atoms with Crippen LogP contribution >= 0.6 is 0 Å². The van der Waals surface area contributed by atoms with Crippen LogP contribution in [-0.4, -0.2) is 35.5 Å². The van der Waals surface area contributed by atoms with Gasteiger partial charge in [-0.15, -0.1) is 0 Å². The summed E-state index contributed by atoms with van der Waals surface area (Å²) in [5.74, 6) is 0.575. The Bertz CT molecular complexity index is 1020. The van der Waals surface area contributed by atoms with Gasteiger partial charge in [-0.25, -0.2) is 4.98 Å². The van der Waals surface area contributed by atoms with Gasteiger partial charge in [0.05, 0.1) is 11.0 Å². The van der Waals surface area contributed by atoms with Crippen molar-refractivity contribution in [2.24, 2.45) is 5.92 Å². The predicted octanol–water partition coefficient (Wildman–Crippen LogP) is 2.89. The molecule has 6 nitrogen and oxygen atoms in total. The number of aromatic nitrogens is 2. The molecular weight excluding hydrogens is 364 g/mol. The van der Waals surface area contributed by atoms with Crippen LogP contribution in [0.15, 0.2) is 59.4 Å². The molecule has 2 N–H and O–H groups in total. The first-order valence-corrected chi connectivity index (χ1v) is 10.3. The van der Waals surface area contributed by atoms with Gasteiger partial charge in [0, 0.05) is 25.6 Å². The van der Waals surface area contributed by atoms with Crippen molar-refractivity contribution in [3.63, 3.8) is 0 Å². The van der Waals surface area contributed by atoms with Crippen molar-refractivity contribution < 1.29 is 4.79 Å². The largest absolute Gasteiger partial charge is 0.356 e. The maximum atomic E-state index is 12.5. The molecule has 29 heavy (non-hydrogen) atoms. The second-order valence-corrected chi connectivity index (χ2v) is 7.55. The van der Waals surface area contributed by atoms with Crippen molar-refractivity contribution in [2.45, 2.75) is 25.7 Å². The van der Waals surface area contributed by atoms with Gasteiger partial charge in [0.1, 0.15) is 0 Å². The lowest BCUT2D eigenvalue weighted by Gasteiger charge is -2.31. The summed E-state index contributed by atoms with van der Waals surface area (Å²) in [5.41, 5.74) is 2.64. The molecule has 4 rings (SSSR count). The lowest BCUT2D eigenvalue weighted by molar-refractivity contribution is -0.125. The van der Waals surface area contributed by atoms with Gasteiger partial charge in [0.15, 0.2) is 5.82 Å². The third-order valence-electron chi connectivity index (χ3n) is 5.53. The second kappa shape index (κ2) is 8.90. The van der Waals surface area contributed by atoms with Crippen LogP contribution in [0.2, 0.25) is 0 Å². The number of H-pyrrole nitrogens is 1. The van der Waals surface area contributed by atoms with Gasteiger partial charge in [-0.1, -0.05) is 42.5 Å². The Kier molecular flexibility index (Phi) is 5.89. The molecule has 1 amide bonds. The van der Waals surface area contributed by atoms with Crippen LogP contribution in [0.4, 0.5) is 5.82 Å². The molecule has 2 aromatic carbocycles. The number of para-hydroxylation sites is 2. The Morgan fingerprint density at radius 3 is 2.59 bits per heavy atom. The first kappa shape index (κ1) is 19.2. The molecule has 0 radical (unpaired) electrons. The topological polar surface area (TPSA) is 78.1 Å². The highest BCUT2D eigenvalue weighted by atomic mass is 16.2. The molecule has 1 aromatic heterocycles. The van der Waals surface area contributed by atoms with E-state index in [4.69, 9.17) is 0 Å². The highest BCUT2D eigenvalue weighted by Gasteiger charge is 2.26. The van der Waals surface area contributed by atoms with E-state index in [9.17, 15) is 9.59 Å². The minimum Gasteiger partial charge on any atom is -0.356 e. The average molecular weight is 390 g/mol. The molecule has 1 aliphatic rings. The smallest absolute Gasteiger partial charge is 0.291 e. The van der Waals surface area contributed by atoms with Crippen molar-refractivity contribution in [1.82, 2.24) is 15.3 Å². The number of aromatic amines is 1. The minimum absolute atomic E-state index is 0.00233. The monoisotopic (exact) mass is 390 g/mol. The number of piperidine rings is 1. The molecule has 0 spiro atoms. The molecular formula is C23H26N4O2. The average Bonchev–Trinajstić information content (AvgIpc) is 2.77. The lowest BCUT2D eigenvalue weighted by Crippen LogP contribution is -2.42. The standard InChI is InChI=1S/C23H26N4O2/c28-22(24-14-6-9-17-7-2-1-3-8-17)18-12-15-27(16-13-18)21-23(29)26-20-11-5-4-10-19(20)25-21/h1-5,7-8,10-11,18H,6,9,12-16H2,(H,24,28)(H,26,29). The van der Waals surface area contributed by atoms with Crippen molar-refractivity contribution in [2.75, 3.05) is 24.5 Å². The molecule has 3 aromatic rings. The summed E-state index contributed by atoms with van der Waals surface area (Å²) in [7, 11) is 0. The number of fused-ring (bicyclic) bond motifs is 1. The van der Waals surface area contributed by atoms with Crippen LogP contribution in [0.3, 0.4) is 0 Å². The molecule has 0 aliphatic carbocycles. The number of benzene rings is 2. The molecule has 1 aliphatic heterocycles. The Balaban J connectivity index is 1.27. The summed E-state index contributed by atoms with van der Waals surface area (Å²) in [5, 5.41) is 3.07. The minimum atomic E-state index is -0.174. The summed E-state index contributed by atoms with van der Waals surface area (Å²) in [6.07, 6.45) is 3.37. The van der Waals surface area contributed by atoms with Gasteiger partial charge in [-0.05, 0) is 43.4 Å². The zero-order valence-corrected chi connectivity index (χ0v) is 16.4. The first-order chi connectivity index (χ1) is 14.2. The number of hydrogen-bond donors (Lipinski definition) is 2. The van der Waals surface area contributed by atoms with E-state index in [-0.39, 0.29) is 17.4 Å². The third kappa shape index (κ3) is 4.65. The van der Waals surface area contributed by atoms with Crippen molar-refractivity contribution in [1.29, 1.82) is 0 Å². The maximum absolute atomic E-state index is 12.5. The zero-order valence-electron chi connectivity index (χ0n) is 16.4. The van der Waals surface area contributed by atoms with Gasteiger partial charge in [0.2, 0.25) is 5.91 Å².